The number of hydrogen-bond acceptors (Lipinski definition) is 6. The highest BCUT2D eigenvalue weighted by molar-refractivity contribution is 7.19. The zero-order valence-corrected chi connectivity index (χ0v) is 15.6. The van der Waals surface area contributed by atoms with Gasteiger partial charge in [-0.1, -0.05) is 6.07 Å². The molecule has 1 aromatic carbocycles. The maximum atomic E-state index is 11.9. The number of aromatic nitrogens is 3. The molecule has 2 aromatic heterocycles. The molecular formula is C19H19N5O2S. The highest BCUT2D eigenvalue weighted by Crippen LogP contribution is 2.43. The summed E-state index contributed by atoms with van der Waals surface area (Å²) < 4.78 is 7.58. The van der Waals surface area contributed by atoms with E-state index in [1.165, 1.54) is 18.0 Å². The van der Waals surface area contributed by atoms with Crippen LogP contribution in [0, 0.1) is 5.41 Å². The van der Waals surface area contributed by atoms with Crippen molar-refractivity contribution in [1.82, 2.24) is 14.8 Å². The van der Waals surface area contributed by atoms with E-state index in [2.05, 4.69) is 16.3 Å². The molecule has 0 amide bonds. The molecule has 0 saturated heterocycles. The second-order valence-corrected chi connectivity index (χ2v) is 7.19. The van der Waals surface area contributed by atoms with Crippen molar-refractivity contribution in [2.75, 3.05) is 6.61 Å². The highest BCUT2D eigenvalue weighted by Gasteiger charge is 2.22. The summed E-state index contributed by atoms with van der Waals surface area (Å²) in [5, 5.41) is 14.2. The minimum absolute atomic E-state index is 0.197. The summed E-state index contributed by atoms with van der Waals surface area (Å²) in [6.45, 7) is 3.05. The minimum atomic E-state index is -0.197. The summed E-state index contributed by atoms with van der Waals surface area (Å²) in [5.74, 6) is 1.44. The summed E-state index contributed by atoms with van der Waals surface area (Å²) in [4.78, 5) is 14.0. The first kappa shape index (κ1) is 17.3. The van der Waals surface area contributed by atoms with Crippen molar-refractivity contribution in [1.29, 1.82) is 5.41 Å². The SMILES string of the molecule is CCn1c(-c2cc3c(s2)-c2ccc(/C(C=N)=C/N)cc2OCC3)n[nH]c1=O. The monoisotopic (exact) mass is 381 g/mol. The quantitative estimate of drug-likeness (QED) is 0.604. The molecule has 0 saturated carbocycles. The third-order valence-electron chi connectivity index (χ3n) is 4.63. The van der Waals surface area contributed by atoms with Crippen molar-refractivity contribution < 1.29 is 4.74 Å². The van der Waals surface area contributed by atoms with Gasteiger partial charge in [0.05, 0.1) is 11.5 Å². The second kappa shape index (κ2) is 6.88. The van der Waals surface area contributed by atoms with Gasteiger partial charge in [-0.25, -0.2) is 9.89 Å². The molecule has 138 valence electrons. The van der Waals surface area contributed by atoms with Gasteiger partial charge in [-0.05, 0) is 36.2 Å². The largest absolute Gasteiger partial charge is 0.493 e. The Bertz CT molecular complexity index is 1110. The summed E-state index contributed by atoms with van der Waals surface area (Å²) in [7, 11) is 0. The fraction of sp³-hybridized carbons (Fsp3) is 0.211. The highest BCUT2D eigenvalue weighted by atomic mass is 32.1. The van der Waals surface area contributed by atoms with E-state index in [0.29, 0.717) is 24.5 Å². The molecule has 27 heavy (non-hydrogen) atoms. The molecule has 1 aliphatic heterocycles. The predicted molar refractivity (Wildman–Crippen MR) is 107 cm³/mol. The Kier molecular flexibility index (Phi) is 4.41. The lowest BCUT2D eigenvalue weighted by molar-refractivity contribution is 0.326. The molecule has 1 aliphatic rings. The van der Waals surface area contributed by atoms with E-state index in [4.69, 9.17) is 15.9 Å². The topological polar surface area (TPSA) is 110 Å². The Hall–Kier alpha value is -3.13. The van der Waals surface area contributed by atoms with Crippen LogP contribution < -0.4 is 16.2 Å². The van der Waals surface area contributed by atoms with Crippen molar-refractivity contribution >= 4 is 23.1 Å². The van der Waals surface area contributed by atoms with Gasteiger partial charge in [0.25, 0.3) is 0 Å². The molecule has 0 bridgehead atoms. The van der Waals surface area contributed by atoms with Gasteiger partial charge in [-0.3, -0.25) is 4.57 Å². The number of hydrogen-bond donors (Lipinski definition) is 3. The van der Waals surface area contributed by atoms with Gasteiger partial charge in [-0.2, -0.15) is 5.10 Å². The standard InChI is InChI=1S/C19H19N5O2S/c1-2-24-18(22-23-19(24)25)16-8-12-5-6-26-15-7-11(13(9-20)10-21)3-4-14(15)17(12)27-16/h3-4,7-10,20H,2,5-6,21H2,1H3,(H,23,25)/b13-10+,20-9?. The van der Waals surface area contributed by atoms with Crippen molar-refractivity contribution in [2.45, 2.75) is 19.9 Å². The molecule has 0 aliphatic carbocycles. The fourth-order valence-electron chi connectivity index (χ4n) is 3.26. The van der Waals surface area contributed by atoms with Gasteiger partial charge in [0, 0.05) is 41.4 Å². The molecule has 0 radical (unpaired) electrons. The predicted octanol–water partition coefficient (Wildman–Crippen LogP) is 2.87. The second-order valence-electron chi connectivity index (χ2n) is 6.14. The van der Waals surface area contributed by atoms with Crippen LogP contribution in [0.1, 0.15) is 18.1 Å². The smallest absolute Gasteiger partial charge is 0.343 e. The van der Waals surface area contributed by atoms with Crippen LogP contribution >= 0.6 is 11.3 Å². The summed E-state index contributed by atoms with van der Waals surface area (Å²) in [6, 6.07) is 7.96. The van der Waals surface area contributed by atoms with Crippen LogP contribution in [0.3, 0.4) is 0 Å². The van der Waals surface area contributed by atoms with Crippen LogP contribution in [-0.4, -0.2) is 27.6 Å². The van der Waals surface area contributed by atoms with Crippen LogP contribution in [0.25, 0.3) is 26.7 Å². The maximum Gasteiger partial charge on any atom is 0.343 e. The summed E-state index contributed by atoms with van der Waals surface area (Å²) in [6.07, 6.45) is 3.43. The first-order valence-electron chi connectivity index (χ1n) is 8.64. The van der Waals surface area contributed by atoms with Gasteiger partial charge in [0.2, 0.25) is 0 Å². The average molecular weight is 381 g/mol. The van der Waals surface area contributed by atoms with Crippen LogP contribution in [0.5, 0.6) is 5.75 Å². The molecule has 0 atom stereocenters. The Balaban J connectivity index is 1.83. The van der Waals surface area contributed by atoms with Crippen molar-refractivity contribution in [3.8, 4) is 26.9 Å². The average Bonchev–Trinajstić information content (AvgIpc) is 3.22. The fourth-order valence-corrected chi connectivity index (χ4v) is 4.50. The van der Waals surface area contributed by atoms with E-state index < -0.39 is 0 Å². The molecule has 4 N–H and O–H groups in total. The Morgan fingerprint density at radius 3 is 3.07 bits per heavy atom. The lowest BCUT2D eigenvalue weighted by atomic mass is 10.0. The van der Waals surface area contributed by atoms with Crippen LogP contribution in [0.15, 0.2) is 35.3 Å². The van der Waals surface area contributed by atoms with Crippen molar-refractivity contribution in [2.24, 2.45) is 5.73 Å². The Morgan fingerprint density at radius 2 is 2.33 bits per heavy atom. The lowest BCUT2D eigenvalue weighted by Gasteiger charge is -2.10. The number of nitrogens with one attached hydrogen (secondary N) is 2. The summed E-state index contributed by atoms with van der Waals surface area (Å²) in [5.41, 5.74) is 9.08. The normalized spacial score (nSPS) is 13.4. The number of nitrogens with zero attached hydrogens (tertiary/aromatic N) is 2. The molecular weight excluding hydrogens is 362 g/mol. The van der Waals surface area contributed by atoms with E-state index in [1.54, 1.807) is 15.9 Å². The molecule has 3 heterocycles. The number of rotatable bonds is 4. The third kappa shape index (κ3) is 2.87. The molecule has 0 fully saturated rings. The van der Waals surface area contributed by atoms with E-state index in [1.807, 2.05) is 25.1 Å². The summed E-state index contributed by atoms with van der Waals surface area (Å²) >= 11 is 1.61. The number of ether oxygens (including phenoxy) is 1. The van der Waals surface area contributed by atoms with Gasteiger partial charge >= 0.3 is 5.69 Å². The maximum absolute atomic E-state index is 11.9. The number of allylic oxidation sites excluding steroid dienone is 1. The number of benzene rings is 1. The first-order valence-corrected chi connectivity index (χ1v) is 9.46. The lowest BCUT2D eigenvalue weighted by Crippen LogP contribution is -2.16. The molecule has 0 spiro atoms. The minimum Gasteiger partial charge on any atom is -0.493 e. The van der Waals surface area contributed by atoms with Crippen molar-refractivity contribution in [3.63, 3.8) is 0 Å². The van der Waals surface area contributed by atoms with E-state index in [0.717, 1.165) is 33.1 Å². The van der Waals surface area contributed by atoms with Crippen molar-refractivity contribution in [3.05, 3.63) is 52.1 Å². The number of fused-ring (bicyclic) bond motifs is 3. The third-order valence-corrected chi connectivity index (χ3v) is 5.83. The number of aromatic amines is 1. The van der Waals surface area contributed by atoms with Gasteiger partial charge in [-0.15, -0.1) is 11.3 Å². The molecule has 8 heteroatoms. The Labute approximate surface area is 159 Å². The molecule has 4 rings (SSSR count). The van der Waals surface area contributed by atoms with Gasteiger partial charge < -0.3 is 15.9 Å². The number of nitrogens with two attached hydrogens (primary N) is 1. The van der Waals surface area contributed by atoms with E-state index in [-0.39, 0.29) is 5.69 Å². The molecule has 3 aromatic rings. The molecule has 7 nitrogen and oxygen atoms in total. The zero-order chi connectivity index (χ0) is 19.0. The van der Waals surface area contributed by atoms with Gasteiger partial charge in [0.1, 0.15) is 5.75 Å². The number of thiophene rings is 1. The first-order chi connectivity index (χ1) is 13.2. The zero-order valence-electron chi connectivity index (χ0n) is 14.8. The van der Waals surface area contributed by atoms with Crippen LogP contribution in [-0.2, 0) is 13.0 Å². The molecule has 0 unspecified atom stereocenters. The number of H-pyrrole nitrogens is 1. The van der Waals surface area contributed by atoms with Gasteiger partial charge in [0.15, 0.2) is 5.82 Å². The van der Waals surface area contributed by atoms with E-state index in [9.17, 15) is 4.79 Å². The van der Waals surface area contributed by atoms with Crippen LogP contribution in [0.4, 0.5) is 0 Å². The van der Waals surface area contributed by atoms with Crippen LogP contribution in [0.2, 0.25) is 0 Å². The Morgan fingerprint density at radius 1 is 1.48 bits per heavy atom. The van der Waals surface area contributed by atoms with E-state index >= 15 is 0 Å².